The molecule has 1 rings (SSSR count). The highest BCUT2D eigenvalue weighted by molar-refractivity contribution is 5.96. The molecule has 1 aromatic heterocycles. The maximum absolute atomic E-state index is 12.2. The minimum atomic E-state index is -0.578. The second kappa shape index (κ2) is 8.48. The molecular formula is C16H24N2O4. The van der Waals surface area contributed by atoms with Crippen molar-refractivity contribution in [1.29, 1.82) is 0 Å². The molecule has 0 fully saturated rings. The van der Waals surface area contributed by atoms with Crippen molar-refractivity contribution < 1.29 is 19.1 Å². The largest absolute Gasteiger partial charge is 0.444 e. The Morgan fingerprint density at radius 2 is 1.91 bits per heavy atom. The Morgan fingerprint density at radius 3 is 2.45 bits per heavy atom. The Hall–Kier alpha value is -1.95. The first-order valence-electron chi connectivity index (χ1n) is 7.23. The van der Waals surface area contributed by atoms with E-state index >= 15 is 0 Å². The van der Waals surface area contributed by atoms with E-state index in [1.807, 2.05) is 0 Å². The lowest BCUT2D eigenvalue weighted by atomic mass is 10.0. The van der Waals surface area contributed by atoms with Gasteiger partial charge in [-0.3, -0.25) is 9.78 Å². The van der Waals surface area contributed by atoms with E-state index in [0.29, 0.717) is 18.6 Å². The predicted octanol–water partition coefficient (Wildman–Crippen LogP) is 2.58. The smallest absolute Gasteiger partial charge is 0.407 e. The maximum Gasteiger partial charge on any atom is 0.407 e. The summed E-state index contributed by atoms with van der Waals surface area (Å²) >= 11 is 0. The second-order valence-electron chi connectivity index (χ2n) is 5.99. The molecule has 0 spiro atoms. The molecule has 1 aromatic rings. The van der Waals surface area contributed by atoms with Crippen LogP contribution in [0.25, 0.3) is 0 Å². The summed E-state index contributed by atoms with van der Waals surface area (Å²) in [4.78, 5) is 28.0. The van der Waals surface area contributed by atoms with Crippen LogP contribution in [0.2, 0.25) is 0 Å². The zero-order valence-corrected chi connectivity index (χ0v) is 13.6. The van der Waals surface area contributed by atoms with Gasteiger partial charge in [0.2, 0.25) is 0 Å². The number of alkyl carbamates (subject to hydrolysis) is 1. The fourth-order valence-electron chi connectivity index (χ4n) is 1.84. The van der Waals surface area contributed by atoms with Gasteiger partial charge in [0, 0.05) is 44.1 Å². The number of hydrogen-bond donors (Lipinski definition) is 1. The van der Waals surface area contributed by atoms with E-state index in [0.717, 1.165) is 0 Å². The number of aromatic nitrogens is 1. The minimum Gasteiger partial charge on any atom is -0.444 e. The van der Waals surface area contributed by atoms with Crippen molar-refractivity contribution in [3.8, 4) is 0 Å². The van der Waals surface area contributed by atoms with Gasteiger partial charge in [-0.15, -0.1) is 0 Å². The molecular weight excluding hydrogens is 284 g/mol. The molecule has 6 nitrogen and oxygen atoms in total. The number of rotatable bonds is 7. The Kier molecular flexibility index (Phi) is 6.98. The number of amides is 1. The lowest BCUT2D eigenvalue weighted by Gasteiger charge is -2.23. The van der Waals surface area contributed by atoms with E-state index < -0.39 is 11.7 Å². The van der Waals surface area contributed by atoms with Crippen LogP contribution in [0.1, 0.15) is 44.0 Å². The molecule has 1 atom stereocenters. The molecule has 0 aliphatic rings. The van der Waals surface area contributed by atoms with E-state index in [9.17, 15) is 9.59 Å². The zero-order chi connectivity index (χ0) is 16.6. The maximum atomic E-state index is 12.2. The normalized spacial score (nSPS) is 12.5. The van der Waals surface area contributed by atoms with Gasteiger partial charge in [0.25, 0.3) is 0 Å². The molecule has 1 unspecified atom stereocenters. The molecule has 6 heteroatoms. The van der Waals surface area contributed by atoms with Crippen LogP contribution in [0.3, 0.4) is 0 Å². The number of pyridine rings is 1. The van der Waals surface area contributed by atoms with Crippen LogP contribution in [-0.4, -0.2) is 42.2 Å². The number of carbonyl (C=O) groups is 2. The fraction of sp³-hybridized carbons (Fsp3) is 0.562. The molecule has 1 amide bonds. The number of Topliss-reactive ketones (excluding diaryl/α,β-unsaturated/α-hetero) is 1. The first-order chi connectivity index (χ1) is 10.3. The topological polar surface area (TPSA) is 77.5 Å². The highest BCUT2D eigenvalue weighted by atomic mass is 16.6. The molecule has 0 bridgehead atoms. The van der Waals surface area contributed by atoms with Crippen LogP contribution in [-0.2, 0) is 9.47 Å². The van der Waals surface area contributed by atoms with Crippen LogP contribution in [0.4, 0.5) is 4.79 Å². The summed E-state index contributed by atoms with van der Waals surface area (Å²) in [6.45, 7) is 5.82. The van der Waals surface area contributed by atoms with Gasteiger partial charge < -0.3 is 14.8 Å². The van der Waals surface area contributed by atoms with Gasteiger partial charge in [0.15, 0.2) is 5.78 Å². The van der Waals surface area contributed by atoms with E-state index in [2.05, 4.69) is 10.3 Å². The number of methoxy groups -OCH3 is 1. The van der Waals surface area contributed by atoms with Gasteiger partial charge >= 0.3 is 6.09 Å². The van der Waals surface area contributed by atoms with Crippen molar-refractivity contribution in [2.24, 2.45) is 0 Å². The Labute approximate surface area is 131 Å². The van der Waals surface area contributed by atoms with E-state index in [-0.39, 0.29) is 18.2 Å². The molecule has 0 aliphatic heterocycles. The molecule has 22 heavy (non-hydrogen) atoms. The van der Waals surface area contributed by atoms with Crippen LogP contribution >= 0.6 is 0 Å². The van der Waals surface area contributed by atoms with Crippen molar-refractivity contribution in [3.63, 3.8) is 0 Å². The van der Waals surface area contributed by atoms with Crippen LogP contribution < -0.4 is 5.32 Å². The van der Waals surface area contributed by atoms with Gasteiger partial charge in [-0.1, -0.05) is 0 Å². The molecule has 122 valence electrons. The van der Waals surface area contributed by atoms with Gasteiger partial charge in [-0.2, -0.15) is 0 Å². The third kappa shape index (κ3) is 7.17. The molecule has 0 saturated carbocycles. The first kappa shape index (κ1) is 18.1. The third-order valence-corrected chi connectivity index (χ3v) is 2.83. The third-order valence-electron chi connectivity index (χ3n) is 2.83. The van der Waals surface area contributed by atoms with Gasteiger partial charge in [-0.25, -0.2) is 4.79 Å². The average Bonchev–Trinajstić information content (AvgIpc) is 2.43. The zero-order valence-electron chi connectivity index (χ0n) is 13.6. The van der Waals surface area contributed by atoms with Crippen molar-refractivity contribution >= 4 is 11.9 Å². The summed E-state index contributed by atoms with van der Waals surface area (Å²) < 4.78 is 10.3. The summed E-state index contributed by atoms with van der Waals surface area (Å²) in [6.07, 6.45) is 3.33. The first-order valence-corrected chi connectivity index (χ1v) is 7.23. The van der Waals surface area contributed by atoms with Gasteiger partial charge in [0.1, 0.15) is 5.60 Å². The van der Waals surface area contributed by atoms with E-state index in [1.165, 1.54) is 0 Å². The van der Waals surface area contributed by atoms with Gasteiger partial charge in [-0.05, 0) is 39.3 Å². The summed E-state index contributed by atoms with van der Waals surface area (Å²) in [5.74, 6) is -0.0560. The number of nitrogens with one attached hydrogen (secondary N) is 1. The van der Waals surface area contributed by atoms with Crippen molar-refractivity contribution in [2.75, 3.05) is 13.7 Å². The van der Waals surface area contributed by atoms with E-state index in [4.69, 9.17) is 9.47 Å². The molecule has 0 saturated heterocycles. The molecule has 1 N–H and O–H groups in total. The Morgan fingerprint density at radius 1 is 1.27 bits per heavy atom. The number of nitrogens with zero attached hydrogens (tertiary/aromatic N) is 1. The highest BCUT2D eigenvalue weighted by Crippen LogP contribution is 2.10. The SMILES string of the molecule is COCCC(CC(=O)c1ccncc1)NC(=O)OC(C)(C)C. The number of carbonyl (C=O) groups excluding carboxylic acids is 2. The quantitative estimate of drug-likeness (QED) is 0.783. The number of hydrogen-bond acceptors (Lipinski definition) is 5. The average molecular weight is 308 g/mol. The standard InChI is InChI=1S/C16H24N2O4/c1-16(2,3)22-15(20)18-13(7-10-21-4)11-14(19)12-5-8-17-9-6-12/h5-6,8-9,13H,7,10-11H2,1-4H3,(H,18,20). The van der Waals surface area contributed by atoms with Crippen LogP contribution in [0.15, 0.2) is 24.5 Å². The Bertz CT molecular complexity index is 483. The minimum absolute atomic E-state index is 0.0560. The van der Waals surface area contributed by atoms with Crippen molar-refractivity contribution in [3.05, 3.63) is 30.1 Å². The van der Waals surface area contributed by atoms with E-state index in [1.54, 1.807) is 52.4 Å². The fourth-order valence-corrected chi connectivity index (χ4v) is 1.84. The molecule has 0 radical (unpaired) electrons. The predicted molar refractivity (Wildman–Crippen MR) is 82.8 cm³/mol. The summed E-state index contributed by atoms with van der Waals surface area (Å²) in [6, 6.07) is 2.97. The van der Waals surface area contributed by atoms with Gasteiger partial charge in [0.05, 0.1) is 0 Å². The number of ketones is 1. The molecule has 1 heterocycles. The lowest BCUT2D eigenvalue weighted by Crippen LogP contribution is -2.40. The van der Waals surface area contributed by atoms with Crippen molar-refractivity contribution in [2.45, 2.75) is 45.3 Å². The summed E-state index contributed by atoms with van der Waals surface area (Å²) in [5.41, 5.74) is -0.00578. The van der Waals surface area contributed by atoms with Crippen LogP contribution in [0.5, 0.6) is 0 Å². The highest BCUT2D eigenvalue weighted by Gasteiger charge is 2.21. The summed E-state index contributed by atoms with van der Waals surface area (Å²) in [5, 5.41) is 2.73. The Balaban J connectivity index is 2.64. The monoisotopic (exact) mass is 308 g/mol. The lowest BCUT2D eigenvalue weighted by molar-refractivity contribution is 0.0490. The van der Waals surface area contributed by atoms with Crippen molar-refractivity contribution in [1.82, 2.24) is 10.3 Å². The molecule has 0 aromatic carbocycles. The second-order valence-corrected chi connectivity index (χ2v) is 5.99. The summed E-state index contributed by atoms with van der Waals surface area (Å²) in [7, 11) is 1.58. The molecule has 0 aliphatic carbocycles. The van der Waals surface area contributed by atoms with Crippen LogP contribution in [0, 0.1) is 0 Å². The number of ether oxygens (including phenoxy) is 2.